The van der Waals surface area contributed by atoms with Gasteiger partial charge < -0.3 is 10.3 Å². The molecule has 0 aliphatic carbocycles. The lowest BCUT2D eigenvalue weighted by molar-refractivity contribution is 0.0992. The van der Waals surface area contributed by atoms with Crippen LogP contribution in [0.15, 0.2) is 17.2 Å². The van der Waals surface area contributed by atoms with E-state index in [1.165, 1.54) is 23.3 Å². The van der Waals surface area contributed by atoms with Crippen molar-refractivity contribution in [2.75, 3.05) is 13.1 Å². The Bertz CT molecular complexity index is 682. The summed E-state index contributed by atoms with van der Waals surface area (Å²) in [6, 6.07) is 1.57. The molecule has 122 valence electrons. The highest BCUT2D eigenvalue weighted by Crippen LogP contribution is 2.28. The summed E-state index contributed by atoms with van der Waals surface area (Å²) in [6.45, 7) is 2.00. The predicted molar refractivity (Wildman–Crippen MR) is 81.9 cm³/mol. The number of hydrogen-bond donors (Lipinski definition) is 2. The summed E-state index contributed by atoms with van der Waals surface area (Å²) in [5, 5.41) is 0. The van der Waals surface area contributed by atoms with E-state index in [4.69, 9.17) is 5.73 Å². The second-order valence-electron chi connectivity index (χ2n) is 6.15. The second-order valence-corrected chi connectivity index (χ2v) is 7.87. The number of rotatable bonds is 4. The van der Waals surface area contributed by atoms with E-state index in [-0.39, 0.29) is 16.6 Å². The van der Waals surface area contributed by atoms with Crippen molar-refractivity contribution < 1.29 is 13.2 Å². The largest absolute Gasteiger partial charge is 0.364 e. The second kappa shape index (κ2) is 5.68. The number of nitrogens with one attached hydrogen (secondary N) is 1. The van der Waals surface area contributed by atoms with Gasteiger partial charge in [0.15, 0.2) is 0 Å². The van der Waals surface area contributed by atoms with E-state index in [0.717, 1.165) is 32.4 Å². The van der Waals surface area contributed by atoms with Crippen molar-refractivity contribution in [2.24, 2.45) is 12.8 Å². The van der Waals surface area contributed by atoms with Crippen molar-refractivity contribution in [3.63, 3.8) is 0 Å². The van der Waals surface area contributed by atoms with Gasteiger partial charge >= 0.3 is 0 Å². The highest BCUT2D eigenvalue weighted by atomic mass is 32.2. The van der Waals surface area contributed by atoms with Gasteiger partial charge in [0.1, 0.15) is 10.6 Å². The molecule has 2 aliphatic heterocycles. The van der Waals surface area contributed by atoms with E-state index in [2.05, 4.69) is 9.62 Å². The molecule has 2 fully saturated rings. The van der Waals surface area contributed by atoms with Crippen LogP contribution < -0.4 is 10.5 Å². The predicted octanol–water partition coefficient (Wildman–Crippen LogP) is 0.0291. The first-order chi connectivity index (χ1) is 10.4. The molecule has 8 heteroatoms. The van der Waals surface area contributed by atoms with Crippen molar-refractivity contribution in [2.45, 2.75) is 42.7 Å². The molecule has 0 saturated carbocycles. The Morgan fingerprint density at radius 1 is 1.32 bits per heavy atom. The fourth-order valence-corrected chi connectivity index (χ4v) is 4.95. The number of carbonyl (C=O) groups is 1. The molecule has 2 aliphatic rings. The SMILES string of the molecule is Cn1cc(S(=O)(=O)N[C@H]2CCN3CCCC[C@@H]23)cc1C(N)=O. The molecule has 7 nitrogen and oxygen atoms in total. The summed E-state index contributed by atoms with van der Waals surface area (Å²) in [5.41, 5.74) is 5.43. The lowest BCUT2D eigenvalue weighted by atomic mass is 10.00. The molecule has 0 spiro atoms. The zero-order valence-electron chi connectivity index (χ0n) is 12.7. The average molecular weight is 326 g/mol. The molecule has 3 N–H and O–H groups in total. The quantitative estimate of drug-likeness (QED) is 0.815. The van der Waals surface area contributed by atoms with Crippen molar-refractivity contribution in [1.82, 2.24) is 14.2 Å². The first-order valence-electron chi connectivity index (χ1n) is 7.61. The lowest BCUT2D eigenvalue weighted by Crippen LogP contribution is -2.46. The van der Waals surface area contributed by atoms with Gasteiger partial charge in [-0.1, -0.05) is 6.42 Å². The Balaban J connectivity index is 1.79. The van der Waals surface area contributed by atoms with Crippen LogP contribution in [0.5, 0.6) is 0 Å². The van der Waals surface area contributed by atoms with Gasteiger partial charge in [-0.15, -0.1) is 0 Å². The highest BCUT2D eigenvalue weighted by molar-refractivity contribution is 7.89. The number of aryl methyl sites for hydroxylation is 1. The summed E-state index contributed by atoms with van der Waals surface area (Å²) in [5.74, 6) is -0.636. The molecule has 2 saturated heterocycles. The Morgan fingerprint density at radius 3 is 2.77 bits per heavy atom. The maximum atomic E-state index is 12.6. The van der Waals surface area contributed by atoms with E-state index in [1.807, 2.05) is 0 Å². The van der Waals surface area contributed by atoms with E-state index >= 15 is 0 Å². The highest BCUT2D eigenvalue weighted by Gasteiger charge is 2.38. The number of nitrogens with zero attached hydrogens (tertiary/aromatic N) is 2. The molecule has 1 aromatic rings. The molecule has 0 bridgehead atoms. The van der Waals surface area contributed by atoms with Crippen molar-refractivity contribution in [1.29, 1.82) is 0 Å². The van der Waals surface area contributed by atoms with Gasteiger partial charge in [-0.3, -0.25) is 9.69 Å². The molecule has 3 rings (SSSR count). The summed E-state index contributed by atoms with van der Waals surface area (Å²) in [6.07, 6.45) is 5.64. The minimum atomic E-state index is -3.63. The smallest absolute Gasteiger partial charge is 0.265 e. The Hall–Kier alpha value is -1.38. The molecule has 3 heterocycles. The minimum absolute atomic E-state index is 0.0532. The number of amides is 1. The van der Waals surface area contributed by atoms with Crippen LogP contribution in [0.3, 0.4) is 0 Å². The van der Waals surface area contributed by atoms with Crippen LogP contribution in [-0.4, -0.2) is 49.0 Å². The van der Waals surface area contributed by atoms with Crippen molar-refractivity contribution in [3.8, 4) is 0 Å². The Kier molecular flexibility index (Phi) is 4.00. The molecule has 0 radical (unpaired) electrons. The van der Waals surface area contributed by atoms with E-state index < -0.39 is 15.9 Å². The van der Waals surface area contributed by atoms with Gasteiger partial charge in [-0.25, -0.2) is 13.1 Å². The normalized spacial score (nSPS) is 26.0. The number of fused-ring (bicyclic) bond motifs is 1. The Morgan fingerprint density at radius 2 is 2.09 bits per heavy atom. The maximum Gasteiger partial charge on any atom is 0.265 e. The molecule has 22 heavy (non-hydrogen) atoms. The zero-order chi connectivity index (χ0) is 15.9. The minimum Gasteiger partial charge on any atom is -0.364 e. The zero-order valence-corrected chi connectivity index (χ0v) is 13.5. The van der Waals surface area contributed by atoms with Crippen molar-refractivity contribution in [3.05, 3.63) is 18.0 Å². The van der Waals surface area contributed by atoms with Gasteiger partial charge in [0.2, 0.25) is 10.0 Å². The Labute approximate surface area is 130 Å². The molecule has 1 aromatic heterocycles. The van der Waals surface area contributed by atoms with E-state index in [9.17, 15) is 13.2 Å². The number of sulfonamides is 1. The standard InChI is InChI=1S/C14H22N4O3S/c1-17-9-10(8-13(17)14(15)19)22(20,21)16-11-5-7-18-6-3-2-4-12(11)18/h8-9,11-12,16H,2-7H2,1H3,(H2,15,19)/t11-,12-/m0/s1. The molecular weight excluding hydrogens is 304 g/mol. The number of hydrogen-bond acceptors (Lipinski definition) is 4. The number of primary amides is 1. The van der Waals surface area contributed by atoms with Crippen LogP contribution in [-0.2, 0) is 17.1 Å². The third-order valence-electron chi connectivity index (χ3n) is 4.71. The van der Waals surface area contributed by atoms with Gasteiger partial charge in [-0.2, -0.15) is 0 Å². The third kappa shape index (κ3) is 2.78. The molecule has 0 aromatic carbocycles. The van der Waals surface area contributed by atoms with Gasteiger partial charge in [0.05, 0.1) is 0 Å². The van der Waals surface area contributed by atoms with E-state index in [0.29, 0.717) is 6.04 Å². The molecule has 2 atom stereocenters. The van der Waals surface area contributed by atoms with Crippen LogP contribution in [0.2, 0.25) is 0 Å². The van der Waals surface area contributed by atoms with Crippen molar-refractivity contribution >= 4 is 15.9 Å². The maximum absolute atomic E-state index is 12.6. The summed E-state index contributed by atoms with van der Waals surface area (Å²) in [4.78, 5) is 13.7. The summed E-state index contributed by atoms with van der Waals surface area (Å²) >= 11 is 0. The van der Waals surface area contributed by atoms with Gasteiger partial charge in [0.25, 0.3) is 5.91 Å². The summed E-state index contributed by atoms with van der Waals surface area (Å²) < 4.78 is 29.4. The number of aromatic nitrogens is 1. The average Bonchev–Trinajstić information content (AvgIpc) is 3.03. The monoisotopic (exact) mass is 326 g/mol. The first kappa shape index (κ1) is 15.5. The number of piperidine rings is 1. The lowest BCUT2D eigenvalue weighted by Gasteiger charge is -2.32. The third-order valence-corrected chi connectivity index (χ3v) is 6.16. The van der Waals surface area contributed by atoms with E-state index in [1.54, 1.807) is 7.05 Å². The molecule has 1 amide bonds. The molecule has 0 unspecified atom stereocenters. The van der Waals surface area contributed by atoms with Crippen LogP contribution in [0.1, 0.15) is 36.2 Å². The van der Waals surface area contributed by atoms with Gasteiger partial charge in [0, 0.05) is 31.9 Å². The topological polar surface area (TPSA) is 97.4 Å². The van der Waals surface area contributed by atoms with Crippen LogP contribution in [0.4, 0.5) is 0 Å². The van der Waals surface area contributed by atoms with Crippen LogP contribution >= 0.6 is 0 Å². The summed E-state index contributed by atoms with van der Waals surface area (Å²) in [7, 11) is -2.03. The first-order valence-corrected chi connectivity index (χ1v) is 9.09. The fraction of sp³-hybridized carbons (Fsp3) is 0.643. The number of nitrogens with two attached hydrogens (primary N) is 1. The molecular formula is C14H22N4O3S. The van der Waals surface area contributed by atoms with Gasteiger partial charge in [-0.05, 0) is 31.9 Å². The van der Waals surface area contributed by atoms with Crippen LogP contribution in [0, 0.1) is 0 Å². The fourth-order valence-electron chi connectivity index (χ4n) is 3.58. The van der Waals surface area contributed by atoms with Crippen LogP contribution in [0.25, 0.3) is 0 Å². The number of carbonyl (C=O) groups excluding carboxylic acids is 1.